The number of nitrogens with one attached hydrogen (secondary N) is 1. The molecule has 0 aromatic heterocycles. The average Bonchev–Trinajstić information content (AvgIpc) is 3.00. The fourth-order valence-electron chi connectivity index (χ4n) is 2.32. The first-order chi connectivity index (χ1) is 7.81. The Labute approximate surface area is 114 Å². The Kier molecular flexibility index (Phi) is 6.67. The maximum atomic E-state index is 12.1. The minimum absolute atomic E-state index is 0. The molecule has 2 fully saturated rings. The van der Waals surface area contributed by atoms with Crippen LogP contribution >= 0.6 is 24.2 Å². The Morgan fingerprint density at radius 3 is 2.71 bits per heavy atom. The Morgan fingerprint density at radius 2 is 2.18 bits per heavy atom. The Morgan fingerprint density at radius 1 is 1.41 bits per heavy atom. The number of thioether (sulfide) groups is 1. The number of rotatable bonds is 6. The van der Waals surface area contributed by atoms with Crippen molar-refractivity contribution in [2.75, 3.05) is 25.1 Å². The highest BCUT2D eigenvalue weighted by Crippen LogP contribution is 2.28. The van der Waals surface area contributed by atoms with Gasteiger partial charge in [0.1, 0.15) is 0 Å². The van der Waals surface area contributed by atoms with Crippen LogP contribution in [0.15, 0.2) is 0 Å². The van der Waals surface area contributed by atoms with Crippen molar-refractivity contribution in [3.8, 4) is 0 Å². The molecular formula is C12H23ClN2OS. The van der Waals surface area contributed by atoms with Gasteiger partial charge in [-0.3, -0.25) is 4.79 Å². The number of nitrogens with zero attached hydrogens (tertiary/aromatic N) is 1. The van der Waals surface area contributed by atoms with Gasteiger partial charge in [0, 0.05) is 30.8 Å². The molecule has 5 heteroatoms. The van der Waals surface area contributed by atoms with Gasteiger partial charge in [-0.15, -0.1) is 12.4 Å². The topological polar surface area (TPSA) is 32.3 Å². The molecule has 0 aromatic rings. The van der Waals surface area contributed by atoms with Gasteiger partial charge in [-0.2, -0.15) is 11.8 Å². The van der Waals surface area contributed by atoms with Gasteiger partial charge in [-0.05, 0) is 38.5 Å². The average molecular weight is 279 g/mol. The lowest BCUT2D eigenvalue weighted by molar-refractivity contribution is -0.131. The van der Waals surface area contributed by atoms with Crippen LogP contribution < -0.4 is 5.32 Å². The van der Waals surface area contributed by atoms with Gasteiger partial charge in [-0.25, -0.2) is 0 Å². The predicted molar refractivity (Wildman–Crippen MR) is 76.0 cm³/mol. The summed E-state index contributed by atoms with van der Waals surface area (Å²) in [4.78, 5) is 14.2. The van der Waals surface area contributed by atoms with Crippen molar-refractivity contribution in [1.82, 2.24) is 10.2 Å². The van der Waals surface area contributed by atoms with E-state index in [4.69, 9.17) is 0 Å². The summed E-state index contributed by atoms with van der Waals surface area (Å²) in [6, 6.07) is 1.12. The van der Waals surface area contributed by atoms with Crippen molar-refractivity contribution in [2.45, 2.75) is 44.2 Å². The molecule has 1 saturated carbocycles. The van der Waals surface area contributed by atoms with Crippen molar-refractivity contribution in [3.05, 3.63) is 0 Å². The number of halogens is 1. The first-order valence-corrected chi connectivity index (χ1v) is 7.72. The zero-order valence-electron chi connectivity index (χ0n) is 10.5. The highest BCUT2D eigenvalue weighted by atomic mass is 35.5. The second kappa shape index (κ2) is 7.49. The van der Waals surface area contributed by atoms with Crippen molar-refractivity contribution < 1.29 is 4.79 Å². The van der Waals surface area contributed by atoms with Crippen LogP contribution in [0.1, 0.15) is 32.1 Å². The molecule has 1 amide bonds. The van der Waals surface area contributed by atoms with E-state index in [9.17, 15) is 4.79 Å². The second-order valence-corrected chi connectivity index (χ2v) is 5.80. The van der Waals surface area contributed by atoms with Crippen LogP contribution in [0.2, 0.25) is 0 Å². The third-order valence-electron chi connectivity index (χ3n) is 3.41. The Bertz CT molecular complexity index is 243. The van der Waals surface area contributed by atoms with Crippen LogP contribution in [-0.2, 0) is 4.79 Å². The summed E-state index contributed by atoms with van der Waals surface area (Å²) in [5.74, 6) is 1.32. The van der Waals surface area contributed by atoms with Crippen molar-refractivity contribution in [3.63, 3.8) is 0 Å². The molecule has 1 atom stereocenters. The van der Waals surface area contributed by atoms with Gasteiger partial charge < -0.3 is 10.2 Å². The van der Waals surface area contributed by atoms with Crippen molar-refractivity contribution >= 4 is 30.1 Å². The number of hydrogen-bond acceptors (Lipinski definition) is 3. The molecule has 0 radical (unpaired) electrons. The second-order valence-electron chi connectivity index (χ2n) is 4.81. The third kappa shape index (κ3) is 4.68. The zero-order chi connectivity index (χ0) is 11.4. The molecule has 17 heavy (non-hydrogen) atoms. The van der Waals surface area contributed by atoms with Crippen molar-refractivity contribution in [1.29, 1.82) is 0 Å². The number of hydrogen-bond donors (Lipinski definition) is 1. The summed E-state index contributed by atoms with van der Waals surface area (Å²) in [5, 5.41) is 3.48. The maximum Gasteiger partial charge on any atom is 0.223 e. The quantitative estimate of drug-likeness (QED) is 0.806. The molecule has 1 aliphatic heterocycles. The highest BCUT2D eigenvalue weighted by Gasteiger charge is 2.33. The zero-order valence-corrected chi connectivity index (χ0v) is 12.1. The minimum Gasteiger partial charge on any atom is -0.338 e. The molecule has 1 aliphatic carbocycles. The molecule has 1 heterocycles. The first kappa shape index (κ1) is 15.1. The van der Waals surface area contributed by atoms with Gasteiger partial charge in [0.25, 0.3) is 0 Å². The van der Waals surface area contributed by atoms with Gasteiger partial charge in [-0.1, -0.05) is 0 Å². The van der Waals surface area contributed by atoms with E-state index in [0.717, 1.165) is 18.8 Å². The molecule has 1 unspecified atom stereocenters. The molecule has 2 rings (SSSR count). The highest BCUT2D eigenvalue weighted by molar-refractivity contribution is 7.98. The van der Waals surface area contributed by atoms with Gasteiger partial charge in [0.05, 0.1) is 0 Å². The molecule has 2 aliphatic rings. The number of carbonyl (C=O) groups is 1. The van der Waals surface area contributed by atoms with Gasteiger partial charge >= 0.3 is 0 Å². The molecule has 1 N–H and O–H groups in total. The van der Waals surface area contributed by atoms with Crippen LogP contribution in [0.3, 0.4) is 0 Å². The maximum absolute atomic E-state index is 12.1. The van der Waals surface area contributed by atoms with Crippen LogP contribution in [0.25, 0.3) is 0 Å². The van der Waals surface area contributed by atoms with E-state index in [1.807, 2.05) is 0 Å². The summed E-state index contributed by atoms with van der Waals surface area (Å²) >= 11 is 1.76. The van der Waals surface area contributed by atoms with E-state index >= 15 is 0 Å². The SMILES string of the molecule is CSCCC(=O)N(CC1CCCN1)C1CC1.Cl. The fourth-order valence-corrected chi connectivity index (χ4v) is 2.70. The van der Waals surface area contributed by atoms with E-state index in [0.29, 0.717) is 24.4 Å². The first-order valence-electron chi connectivity index (χ1n) is 6.33. The Balaban J connectivity index is 0.00000144. The standard InChI is InChI=1S/C12H22N2OS.ClH/c1-16-8-6-12(15)14(11-4-5-11)9-10-3-2-7-13-10;/h10-11,13H,2-9H2,1H3;1H. The van der Waals surface area contributed by atoms with Crippen LogP contribution in [-0.4, -0.2) is 48.0 Å². The Hall–Kier alpha value is 0.0700. The lowest BCUT2D eigenvalue weighted by Gasteiger charge is -2.25. The number of amides is 1. The van der Waals surface area contributed by atoms with Crippen LogP contribution in [0.5, 0.6) is 0 Å². The van der Waals surface area contributed by atoms with E-state index in [1.54, 1.807) is 11.8 Å². The van der Waals surface area contributed by atoms with E-state index < -0.39 is 0 Å². The summed E-state index contributed by atoms with van der Waals surface area (Å²) in [7, 11) is 0. The third-order valence-corrected chi connectivity index (χ3v) is 4.02. The normalized spacial score (nSPS) is 23.2. The van der Waals surface area contributed by atoms with E-state index in [2.05, 4.69) is 16.5 Å². The molecule has 0 bridgehead atoms. The van der Waals surface area contributed by atoms with E-state index in [1.165, 1.54) is 25.7 Å². The largest absolute Gasteiger partial charge is 0.338 e. The molecule has 1 saturated heterocycles. The number of carbonyl (C=O) groups excluding carboxylic acids is 1. The fraction of sp³-hybridized carbons (Fsp3) is 0.917. The van der Waals surface area contributed by atoms with Crippen LogP contribution in [0, 0.1) is 0 Å². The summed E-state index contributed by atoms with van der Waals surface area (Å²) in [6.07, 6.45) is 7.72. The van der Waals surface area contributed by atoms with Gasteiger partial charge in [0.15, 0.2) is 0 Å². The van der Waals surface area contributed by atoms with Gasteiger partial charge in [0.2, 0.25) is 5.91 Å². The van der Waals surface area contributed by atoms with Crippen LogP contribution in [0.4, 0.5) is 0 Å². The lowest BCUT2D eigenvalue weighted by Crippen LogP contribution is -2.42. The molecule has 3 nitrogen and oxygen atoms in total. The lowest BCUT2D eigenvalue weighted by atomic mass is 10.2. The molecule has 0 aromatic carbocycles. The molecular weight excluding hydrogens is 256 g/mol. The monoisotopic (exact) mass is 278 g/mol. The minimum atomic E-state index is 0. The predicted octanol–water partition coefficient (Wildman–Crippen LogP) is 1.90. The summed E-state index contributed by atoms with van der Waals surface area (Å²) in [5.41, 5.74) is 0. The summed E-state index contributed by atoms with van der Waals surface area (Å²) in [6.45, 7) is 2.07. The molecule has 0 spiro atoms. The van der Waals surface area contributed by atoms with Crippen molar-refractivity contribution in [2.24, 2.45) is 0 Å². The molecule has 100 valence electrons. The summed E-state index contributed by atoms with van der Waals surface area (Å²) < 4.78 is 0. The smallest absolute Gasteiger partial charge is 0.223 e. The van der Waals surface area contributed by atoms with E-state index in [-0.39, 0.29) is 12.4 Å².